The standard InChI is InChI=1S/C13H19O/c1-5-13(10(2)3)11-7-6-8-12(9-11)14-4/h6-10,13H,2,5H2,1,3-4H3. The summed E-state index contributed by atoms with van der Waals surface area (Å²) >= 11 is 0. The Balaban J connectivity index is 2.92. The summed E-state index contributed by atoms with van der Waals surface area (Å²) < 4.78 is 5.21. The highest BCUT2D eigenvalue weighted by atomic mass is 16.5. The molecule has 1 aromatic carbocycles. The van der Waals surface area contributed by atoms with Crippen molar-refractivity contribution in [2.45, 2.75) is 26.2 Å². The molecule has 0 aliphatic heterocycles. The number of hydrogen-bond donors (Lipinski definition) is 0. The Bertz CT molecular complexity index is 278. The molecule has 0 saturated carbocycles. The van der Waals surface area contributed by atoms with Gasteiger partial charge in [0.15, 0.2) is 0 Å². The lowest BCUT2D eigenvalue weighted by Crippen LogP contribution is -2.05. The fourth-order valence-corrected chi connectivity index (χ4v) is 1.84. The molecular formula is C13H19O. The lowest BCUT2D eigenvalue weighted by Gasteiger charge is -2.19. The minimum absolute atomic E-state index is 0.437. The Morgan fingerprint density at radius 1 is 1.43 bits per heavy atom. The van der Waals surface area contributed by atoms with Gasteiger partial charge >= 0.3 is 0 Å². The summed E-state index contributed by atoms with van der Waals surface area (Å²) in [6.45, 7) is 8.46. The second kappa shape index (κ2) is 5.04. The molecule has 0 bridgehead atoms. The molecule has 0 saturated heterocycles. The molecule has 0 heterocycles. The number of rotatable bonds is 4. The maximum Gasteiger partial charge on any atom is 0.119 e. The maximum absolute atomic E-state index is 5.21. The molecule has 1 nitrogen and oxygen atoms in total. The molecule has 0 aliphatic rings. The molecule has 1 heteroatoms. The van der Waals surface area contributed by atoms with Crippen molar-refractivity contribution in [3.63, 3.8) is 0 Å². The van der Waals surface area contributed by atoms with Gasteiger partial charge in [0.2, 0.25) is 0 Å². The van der Waals surface area contributed by atoms with E-state index in [0.717, 1.165) is 12.2 Å². The zero-order valence-electron chi connectivity index (χ0n) is 9.29. The van der Waals surface area contributed by atoms with Crippen molar-refractivity contribution >= 4 is 0 Å². The van der Waals surface area contributed by atoms with Crippen LogP contribution in [0.4, 0.5) is 0 Å². The minimum Gasteiger partial charge on any atom is -0.497 e. The van der Waals surface area contributed by atoms with Crippen molar-refractivity contribution in [1.29, 1.82) is 0 Å². The van der Waals surface area contributed by atoms with Crippen LogP contribution in [0.5, 0.6) is 5.75 Å². The van der Waals surface area contributed by atoms with E-state index in [4.69, 9.17) is 4.74 Å². The summed E-state index contributed by atoms with van der Waals surface area (Å²) in [4.78, 5) is 0. The van der Waals surface area contributed by atoms with Crippen LogP contribution < -0.4 is 4.74 Å². The third kappa shape index (κ3) is 2.50. The third-order valence-electron chi connectivity index (χ3n) is 2.65. The van der Waals surface area contributed by atoms with Gasteiger partial charge in [0.05, 0.1) is 7.11 Å². The molecule has 0 aromatic heterocycles. The molecule has 0 spiro atoms. The Morgan fingerprint density at radius 2 is 2.14 bits per heavy atom. The van der Waals surface area contributed by atoms with Gasteiger partial charge in [0.25, 0.3) is 0 Å². The predicted octanol–water partition coefficient (Wildman–Crippen LogP) is 3.66. The highest BCUT2D eigenvalue weighted by Gasteiger charge is 2.13. The van der Waals surface area contributed by atoms with Crippen LogP contribution in [0.3, 0.4) is 0 Å². The van der Waals surface area contributed by atoms with Crippen LogP contribution in [-0.2, 0) is 0 Å². The van der Waals surface area contributed by atoms with Crippen molar-refractivity contribution in [2.75, 3.05) is 7.11 Å². The fourth-order valence-electron chi connectivity index (χ4n) is 1.84. The third-order valence-corrected chi connectivity index (χ3v) is 2.65. The summed E-state index contributed by atoms with van der Waals surface area (Å²) in [5, 5.41) is 0. The molecular weight excluding hydrogens is 172 g/mol. The fraction of sp³-hybridized carbons (Fsp3) is 0.462. The Labute approximate surface area is 87.1 Å². The maximum atomic E-state index is 5.21. The zero-order valence-corrected chi connectivity index (χ0v) is 9.29. The number of ether oxygens (including phenoxy) is 1. The number of methoxy groups -OCH3 is 1. The first-order valence-electron chi connectivity index (χ1n) is 5.16. The van der Waals surface area contributed by atoms with E-state index in [1.54, 1.807) is 7.11 Å². The van der Waals surface area contributed by atoms with E-state index in [1.807, 2.05) is 12.1 Å². The van der Waals surface area contributed by atoms with Gasteiger partial charge in [-0.2, -0.15) is 0 Å². The topological polar surface area (TPSA) is 9.23 Å². The van der Waals surface area contributed by atoms with Gasteiger partial charge in [-0.1, -0.05) is 26.0 Å². The second-order valence-electron chi connectivity index (χ2n) is 3.77. The number of benzene rings is 1. The smallest absolute Gasteiger partial charge is 0.119 e. The Morgan fingerprint density at radius 3 is 2.64 bits per heavy atom. The molecule has 1 rings (SSSR count). The monoisotopic (exact) mass is 191 g/mol. The summed E-state index contributed by atoms with van der Waals surface area (Å²) in [7, 11) is 1.70. The van der Waals surface area contributed by atoms with Crippen LogP contribution in [0.25, 0.3) is 0 Å². The molecule has 77 valence electrons. The molecule has 14 heavy (non-hydrogen) atoms. The van der Waals surface area contributed by atoms with Crippen molar-refractivity contribution in [3.05, 3.63) is 36.8 Å². The highest BCUT2D eigenvalue weighted by Crippen LogP contribution is 2.29. The SMILES string of the molecule is [CH2]C(C)C(CC)c1cccc(OC)c1. The second-order valence-corrected chi connectivity index (χ2v) is 3.77. The lowest BCUT2D eigenvalue weighted by atomic mass is 9.86. The molecule has 2 atom stereocenters. The Kier molecular flexibility index (Phi) is 3.99. The molecule has 1 aromatic rings. The molecule has 2 unspecified atom stereocenters. The van der Waals surface area contributed by atoms with E-state index >= 15 is 0 Å². The van der Waals surface area contributed by atoms with Crippen molar-refractivity contribution in [1.82, 2.24) is 0 Å². The zero-order chi connectivity index (χ0) is 10.6. The average molecular weight is 191 g/mol. The summed E-state index contributed by atoms with van der Waals surface area (Å²) in [6.07, 6.45) is 1.12. The van der Waals surface area contributed by atoms with Gasteiger partial charge in [0, 0.05) is 0 Å². The van der Waals surface area contributed by atoms with Gasteiger partial charge in [-0.25, -0.2) is 0 Å². The lowest BCUT2D eigenvalue weighted by molar-refractivity contribution is 0.412. The van der Waals surface area contributed by atoms with Crippen LogP contribution in [-0.4, -0.2) is 7.11 Å². The quantitative estimate of drug-likeness (QED) is 0.705. The molecule has 0 N–H and O–H groups in total. The first kappa shape index (κ1) is 11.1. The van der Waals surface area contributed by atoms with Crippen LogP contribution in [0.1, 0.15) is 31.7 Å². The summed E-state index contributed by atoms with van der Waals surface area (Å²) in [5.74, 6) is 1.90. The van der Waals surface area contributed by atoms with Crippen LogP contribution in [0.2, 0.25) is 0 Å². The summed E-state index contributed by atoms with van der Waals surface area (Å²) in [6, 6.07) is 8.28. The van der Waals surface area contributed by atoms with Crippen LogP contribution >= 0.6 is 0 Å². The van der Waals surface area contributed by atoms with Crippen molar-refractivity contribution in [2.24, 2.45) is 5.92 Å². The minimum atomic E-state index is 0.437. The number of hydrogen-bond acceptors (Lipinski definition) is 1. The predicted molar refractivity (Wildman–Crippen MR) is 60.5 cm³/mol. The first-order chi connectivity index (χ1) is 6.69. The molecule has 0 amide bonds. The van der Waals surface area contributed by atoms with Crippen molar-refractivity contribution in [3.8, 4) is 5.75 Å². The van der Waals surface area contributed by atoms with E-state index in [9.17, 15) is 0 Å². The summed E-state index contributed by atoms with van der Waals surface area (Å²) in [5.41, 5.74) is 1.33. The first-order valence-corrected chi connectivity index (χ1v) is 5.16. The normalized spacial score (nSPS) is 12.9. The highest BCUT2D eigenvalue weighted by molar-refractivity contribution is 5.31. The van der Waals surface area contributed by atoms with E-state index < -0.39 is 0 Å². The van der Waals surface area contributed by atoms with Crippen LogP contribution in [0, 0.1) is 12.8 Å². The van der Waals surface area contributed by atoms with E-state index in [-0.39, 0.29) is 0 Å². The average Bonchev–Trinajstić information content (AvgIpc) is 2.19. The van der Waals surface area contributed by atoms with Crippen molar-refractivity contribution < 1.29 is 4.74 Å². The van der Waals surface area contributed by atoms with Gasteiger partial charge < -0.3 is 4.74 Å². The van der Waals surface area contributed by atoms with Gasteiger partial charge in [0.1, 0.15) is 5.75 Å². The van der Waals surface area contributed by atoms with E-state index in [0.29, 0.717) is 11.8 Å². The van der Waals surface area contributed by atoms with Gasteiger partial charge in [-0.05, 0) is 42.9 Å². The Hall–Kier alpha value is -0.980. The van der Waals surface area contributed by atoms with Gasteiger partial charge in [-0.15, -0.1) is 0 Å². The van der Waals surface area contributed by atoms with E-state index in [2.05, 4.69) is 32.9 Å². The van der Waals surface area contributed by atoms with E-state index in [1.165, 1.54) is 5.56 Å². The molecule has 1 radical (unpaired) electrons. The van der Waals surface area contributed by atoms with Gasteiger partial charge in [-0.3, -0.25) is 0 Å². The largest absolute Gasteiger partial charge is 0.497 e. The molecule has 0 aliphatic carbocycles. The molecule has 0 fully saturated rings. The van der Waals surface area contributed by atoms with Crippen LogP contribution in [0.15, 0.2) is 24.3 Å².